The lowest BCUT2D eigenvalue weighted by atomic mass is 10.0. The van der Waals surface area contributed by atoms with E-state index in [1.807, 2.05) is 29.9 Å². The maximum atomic E-state index is 13.0. The minimum absolute atomic E-state index is 0.0774. The van der Waals surface area contributed by atoms with Gasteiger partial charge < -0.3 is 24.7 Å². The van der Waals surface area contributed by atoms with Gasteiger partial charge in [-0.25, -0.2) is 14.8 Å². The fourth-order valence-corrected chi connectivity index (χ4v) is 4.33. The van der Waals surface area contributed by atoms with E-state index in [4.69, 9.17) is 9.47 Å². The van der Waals surface area contributed by atoms with Gasteiger partial charge >= 0.3 is 6.03 Å². The number of rotatable bonds is 8. The van der Waals surface area contributed by atoms with Crippen LogP contribution in [0.1, 0.15) is 23.1 Å². The Morgan fingerprint density at radius 1 is 1.28 bits per heavy atom. The minimum atomic E-state index is -0.519. The summed E-state index contributed by atoms with van der Waals surface area (Å²) in [6, 6.07) is 4.77. The lowest BCUT2D eigenvalue weighted by Crippen LogP contribution is -2.32. The quantitative estimate of drug-likeness (QED) is 0.535. The van der Waals surface area contributed by atoms with E-state index in [2.05, 4.69) is 20.6 Å². The fraction of sp³-hybridized carbons (Fsp3) is 0.333. The summed E-state index contributed by atoms with van der Waals surface area (Å²) in [4.78, 5) is 35.3. The number of anilines is 1. The average molecular weight is 457 g/mol. The molecule has 0 radical (unpaired) electrons. The molecule has 0 aliphatic carbocycles. The second kappa shape index (κ2) is 9.27. The highest BCUT2D eigenvalue weighted by atomic mass is 32.1. The van der Waals surface area contributed by atoms with Crippen molar-refractivity contribution in [2.45, 2.75) is 12.5 Å². The number of hydrogen-bond acceptors (Lipinski definition) is 7. The Kier molecular flexibility index (Phi) is 6.26. The van der Waals surface area contributed by atoms with Gasteiger partial charge in [-0.1, -0.05) is 0 Å². The van der Waals surface area contributed by atoms with Crippen molar-refractivity contribution in [2.24, 2.45) is 7.05 Å². The molecular weight excluding hydrogens is 432 g/mol. The summed E-state index contributed by atoms with van der Waals surface area (Å²) in [7, 11) is 5.02. The van der Waals surface area contributed by atoms with E-state index in [-0.39, 0.29) is 18.4 Å². The normalized spacial score (nSPS) is 14.2. The van der Waals surface area contributed by atoms with Gasteiger partial charge in [0.15, 0.2) is 5.13 Å². The summed E-state index contributed by atoms with van der Waals surface area (Å²) >= 11 is 1.34. The lowest BCUT2D eigenvalue weighted by molar-refractivity contribution is -0.121. The number of nitrogens with zero attached hydrogens (tertiary/aromatic N) is 4. The third-order valence-electron chi connectivity index (χ3n) is 5.10. The summed E-state index contributed by atoms with van der Waals surface area (Å²) in [6.07, 6.45) is 3.58. The van der Waals surface area contributed by atoms with Crippen LogP contribution in [0.25, 0.3) is 0 Å². The molecule has 3 amide bonds. The molecule has 3 aromatic rings. The number of carbonyl (C=O) groups is 2. The zero-order chi connectivity index (χ0) is 22.7. The molecule has 1 unspecified atom stereocenters. The van der Waals surface area contributed by atoms with Gasteiger partial charge in [-0.15, -0.1) is 11.3 Å². The van der Waals surface area contributed by atoms with Crippen LogP contribution >= 0.6 is 11.3 Å². The summed E-state index contributed by atoms with van der Waals surface area (Å²) in [5.41, 5.74) is 1.38. The molecule has 1 atom stereocenters. The summed E-state index contributed by atoms with van der Waals surface area (Å²) in [6.45, 7) is 1.15. The fourth-order valence-electron chi connectivity index (χ4n) is 3.48. The summed E-state index contributed by atoms with van der Waals surface area (Å²) in [5, 5.41) is 8.18. The highest BCUT2D eigenvalue weighted by Gasteiger charge is 2.25. The zero-order valence-corrected chi connectivity index (χ0v) is 18.8. The smallest absolute Gasteiger partial charge is 0.323 e. The van der Waals surface area contributed by atoms with Gasteiger partial charge in [0.2, 0.25) is 5.91 Å². The van der Waals surface area contributed by atoms with Gasteiger partial charge in [-0.05, 0) is 17.7 Å². The van der Waals surface area contributed by atoms with Crippen molar-refractivity contribution < 1.29 is 19.1 Å². The van der Waals surface area contributed by atoms with E-state index in [1.165, 1.54) is 11.3 Å². The van der Waals surface area contributed by atoms with Crippen molar-refractivity contribution >= 4 is 28.4 Å². The molecule has 1 fully saturated rings. The first-order chi connectivity index (χ1) is 15.5. The first-order valence-electron chi connectivity index (χ1n) is 9.98. The Morgan fingerprint density at radius 2 is 2.03 bits per heavy atom. The van der Waals surface area contributed by atoms with Crippen molar-refractivity contribution in [3.8, 4) is 11.5 Å². The molecule has 4 rings (SSSR count). The zero-order valence-electron chi connectivity index (χ0n) is 18.0. The molecule has 0 saturated carbocycles. The Bertz CT molecular complexity index is 1100. The van der Waals surface area contributed by atoms with Gasteiger partial charge in [-0.2, -0.15) is 0 Å². The lowest BCUT2D eigenvalue weighted by Gasteiger charge is -2.20. The van der Waals surface area contributed by atoms with E-state index in [0.717, 1.165) is 5.56 Å². The van der Waals surface area contributed by atoms with E-state index in [9.17, 15) is 9.59 Å². The molecule has 168 valence electrons. The van der Waals surface area contributed by atoms with Crippen LogP contribution in [0.2, 0.25) is 0 Å². The van der Waals surface area contributed by atoms with Crippen LogP contribution in [-0.4, -0.2) is 53.8 Å². The molecular formula is C21H24N6O4S. The van der Waals surface area contributed by atoms with Crippen molar-refractivity contribution in [1.82, 2.24) is 25.2 Å². The number of benzene rings is 1. The molecule has 11 heteroatoms. The van der Waals surface area contributed by atoms with E-state index in [1.54, 1.807) is 36.8 Å². The molecule has 32 heavy (non-hydrogen) atoms. The molecule has 10 nitrogen and oxygen atoms in total. The standard InChI is InChI=1S/C21H24N6O4S/c1-26-6-4-22-19(26)18(13-8-15(30-2)11-16(9-13)31-3)25-17(28)10-14-12-32-21(24-14)27-7-5-23-20(27)29/h4,6,8-9,11-12,18H,5,7,10H2,1-3H3,(H,23,29)(H,25,28). The van der Waals surface area contributed by atoms with Crippen molar-refractivity contribution in [2.75, 3.05) is 32.2 Å². The third-order valence-corrected chi connectivity index (χ3v) is 6.01. The van der Waals surface area contributed by atoms with Gasteiger partial charge in [0.1, 0.15) is 23.4 Å². The van der Waals surface area contributed by atoms with Crippen LogP contribution in [0.15, 0.2) is 36.0 Å². The van der Waals surface area contributed by atoms with Crippen molar-refractivity contribution in [3.05, 3.63) is 53.1 Å². The van der Waals surface area contributed by atoms with Gasteiger partial charge in [0, 0.05) is 44.0 Å². The van der Waals surface area contributed by atoms with Crippen molar-refractivity contribution in [3.63, 3.8) is 0 Å². The molecule has 0 spiro atoms. The summed E-state index contributed by atoms with van der Waals surface area (Å²) < 4.78 is 12.6. The second-order valence-corrected chi connectivity index (χ2v) is 8.06. The SMILES string of the molecule is COc1cc(OC)cc(C(NC(=O)Cc2csc(N3CCNC3=O)n2)c2nccn2C)c1. The van der Waals surface area contributed by atoms with E-state index >= 15 is 0 Å². The molecule has 1 aromatic carbocycles. The monoisotopic (exact) mass is 456 g/mol. The number of urea groups is 1. The highest BCUT2D eigenvalue weighted by molar-refractivity contribution is 7.14. The van der Waals surface area contributed by atoms with Crippen molar-refractivity contribution in [1.29, 1.82) is 0 Å². The number of thiazole rings is 1. The largest absolute Gasteiger partial charge is 0.497 e. The predicted octanol–water partition coefficient (Wildman–Crippen LogP) is 1.87. The average Bonchev–Trinajstić information content (AvgIpc) is 3.53. The van der Waals surface area contributed by atoms with Crippen LogP contribution in [0.3, 0.4) is 0 Å². The van der Waals surface area contributed by atoms with Gasteiger partial charge in [0.25, 0.3) is 0 Å². The van der Waals surface area contributed by atoms with Crippen LogP contribution in [0.4, 0.5) is 9.93 Å². The van der Waals surface area contributed by atoms with E-state index in [0.29, 0.717) is 41.2 Å². The molecule has 2 N–H and O–H groups in total. The third kappa shape index (κ3) is 4.52. The Morgan fingerprint density at radius 3 is 2.62 bits per heavy atom. The van der Waals surface area contributed by atoms with Gasteiger partial charge in [-0.3, -0.25) is 9.69 Å². The van der Waals surface area contributed by atoms with Crippen LogP contribution in [0, 0.1) is 0 Å². The number of hydrogen-bond donors (Lipinski definition) is 2. The number of aromatic nitrogens is 3. The number of methoxy groups -OCH3 is 2. The maximum Gasteiger partial charge on any atom is 0.323 e. The van der Waals surface area contributed by atoms with Crippen LogP contribution in [0.5, 0.6) is 11.5 Å². The molecule has 1 saturated heterocycles. The maximum absolute atomic E-state index is 13.0. The number of nitrogens with one attached hydrogen (secondary N) is 2. The number of imidazole rings is 1. The Hall–Kier alpha value is -3.60. The number of aryl methyl sites for hydroxylation is 1. The Balaban J connectivity index is 1.56. The van der Waals surface area contributed by atoms with E-state index < -0.39 is 6.04 Å². The first kappa shape index (κ1) is 21.6. The number of amides is 3. The predicted molar refractivity (Wildman–Crippen MR) is 119 cm³/mol. The number of ether oxygens (including phenoxy) is 2. The number of carbonyl (C=O) groups excluding carboxylic acids is 2. The first-order valence-corrected chi connectivity index (χ1v) is 10.9. The van der Waals surface area contributed by atoms with Crippen LogP contribution in [-0.2, 0) is 18.3 Å². The van der Waals surface area contributed by atoms with Gasteiger partial charge in [0.05, 0.1) is 26.3 Å². The Labute approximate surface area is 189 Å². The molecule has 1 aliphatic rings. The second-order valence-electron chi connectivity index (χ2n) is 7.22. The minimum Gasteiger partial charge on any atom is -0.497 e. The van der Waals surface area contributed by atoms with Crippen LogP contribution < -0.4 is 25.0 Å². The highest BCUT2D eigenvalue weighted by Crippen LogP contribution is 2.30. The summed E-state index contributed by atoms with van der Waals surface area (Å²) in [5.74, 6) is 1.67. The molecule has 1 aliphatic heterocycles. The topological polar surface area (TPSA) is 111 Å². The molecule has 0 bridgehead atoms. The molecule has 3 heterocycles. The molecule has 2 aromatic heterocycles.